The van der Waals surface area contributed by atoms with Crippen molar-refractivity contribution in [2.24, 2.45) is 13.0 Å². The lowest BCUT2D eigenvalue weighted by atomic mass is 9.79. The van der Waals surface area contributed by atoms with Crippen LogP contribution in [0.4, 0.5) is 45.5 Å². The molecule has 0 N–H and O–H groups in total. The maximum Gasteiger partial charge on any atom is 0.416 e. The number of fused-ring (bicyclic) bond motifs is 1. The lowest BCUT2D eigenvalue weighted by Gasteiger charge is -2.31. The van der Waals surface area contributed by atoms with Gasteiger partial charge in [0.1, 0.15) is 0 Å². The van der Waals surface area contributed by atoms with E-state index in [4.69, 9.17) is 9.47 Å². The molecule has 1 saturated heterocycles. The summed E-state index contributed by atoms with van der Waals surface area (Å²) < 4.78 is 136. The predicted octanol–water partition coefficient (Wildman–Crippen LogP) is 7.90. The van der Waals surface area contributed by atoms with E-state index in [1.165, 1.54) is 18.0 Å². The van der Waals surface area contributed by atoms with Crippen LogP contribution in [-0.2, 0) is 48.1 Å². The molecule has 3 aromatic rings. The average molecular weight is 666 g/mol. The molecule has 1 saturated carbocycles. The number of rotatable bonds is 8. The topological polar surface area (TPSA) is 65.3 Å². The highest BCUT2D eigenvalue weighted by Crippen LogP contribution is 2.49. The number of aryl methyl sites for hydroxylation is 1. The van der Waals surface area contributed by atoms with E-state index >= 15 is 0 Å². The van der Waals surface area contributed by atoms with Gasteiger partial charge in [0.15, 0.2) is 5.79 Å². The van der Waals surface area contributed by atoms with Gasteiger partial charge in [0.25, 0.3) is 5.95 Å². The van der Waals surface area contributed by atoms with Gasteiger partial charge in [-0.3, -0.25) is 0 Å². The van der Waals surface area contributed by atoms with E-state index in [0.29, 0.717) is 37.0 Å². The van der Waals surface area contributed by atoms with Gasteiger partial charge in [-0.05, 0) is 97.2 Å². The third-order valence-corrected chi connectivity index (χ3v) is 8.42. The van der Waals surface area contributed by atoms with E-state index in [0.717, 1.165) is 16.9 Å². The number of hydrogen-bond acceptors (Lipinski definition) is 6. The van der Waals surface area contributed by atoms with Gasteiger partial charge in [0, 0.05) is 13.1 Å². The Morgan fingerprint density at radius 3 is 2.04 bits per heavy atom. The summed E-state index contributed by atoms with van der Waals surface area (Å²) in [6.45, 7) is 4.50. The maximum absolute atomic E-state index is 14.0. The van der Waals surface area contributed by atoms with E-state index in [9.17, 15) is 39.5 Å². The number of aromatic nitrogens is 4. The molecular weight excluding hydrogens is 633 g/mol. The molecule has 5 rings (SSSR count). The molecule has 0 radical (unpaired) electrons. The molecule has 2 unspecified atom stereocenters. The summed E-state index contributed by atoms with van der Waals surface area (Å²) in [5.41, 5.74) is -3.69. The third kappa shape index (κ3) is 7.27. The standard InChI is InChI=1S/C30H32F9N5O2/c1-5-21(23-8-9-24-25(23)46-27(2,3)45-24)22-7-6-18(28(31,32)33)12-17(22)15-44(26-40-42-43(4)41-26)14-16-10-19(29(34,35)36)13-20(11-16)30(37,38)39/h6-7,10-13,21,23-25H,5,8-9,14-15H2,1-4H3/t21?,23?,24-,25+/m0/s1. The van der Waals surface area contributed by atoms with Crippen molar-refractivity contribution in [3.63, 3.8) is 0 Å². The highest BCUT2D eigenvalue weighted by Gasteiger charge is 2.51. The van der Waals surface area contributed by atoms with E-state index in [1.54, 1.807) is 13.8 Å². The average Bonchev–Trinajstić information content (AvgIpc) is 3.61. The zero-order chi connectivity index (χ0) is 33.8. The van der Waals surface area contributed by atoms with E-state index < -0.39 is 53.1 Å². The molecule has 4 atom stereocenters. The maximum atomic E-state index is 14.0. The number of benzene rings is 2. The van der Waals surface area contributed by atoms with Crippen molar-refractivity contribution in [3.05, 3.63) is 69.8 Å². The van der Waals surface area contributed by atoms with Crippen LogP contribution in [0.3, 0.4) is 0 Å². The van der Waals surface area contributed by atoms with Gasteiger partial charge in [0.2, 0.25) is 0 Å². The van der Waals surface area contributed by atoms with E-state index in [-0.39, 0.29) is 48.2 Å². The Balaban J connectivity index is 1.58. The Labute approximate surface area is 258 Å². The van der Waals surface area contributed by atoms with Crippen molar-refractivity contribution < 1.29 is 49.0 Å². The van der Waals surface area contributed by atoms with Crippen LogP contribution in [0.5, 0.6) is 0 Å². The number of anilines is 1. The number of ether oxygens (including phenoxy) is 2. The van der Waals surface area contributed by atoms with Gasteiger partial charge in [-0.1, -0.05) is 18.1 Å². The zero-order valence-corrected chi connectivity index (χ0v) is 25.3. The second-order valence-electron chi connectivity index (χ2n) is 12.2. The van der Waals surface area contributed by atoms with Crippen LogP contribution in [0.15, 0.2) is 36.4 Å². The molecule has 2 aliphatic rings. The normalized spacial score (nSPS) is 22.2. The van der Waals surface area contributed by atoms with Gasteiger partial charge in [0.05, 0.1) is 35.9 Å². The molecule has 7 nitrogen and oxygen atoms in total. The second kappa shape index (κ2) is 12.0. The minimum Gasteiger partial charge on any atom is -0.345 e. The third-order valence-electron chi connectivity index (χ3n) is 8.42. The lowest BCUT2D eigenvalue weighted by Crippen LogP contribution is -2.30. The van der Waals surface area contributed by atoms with Crippen LogP contribution in [0, 0.1) is 5.92 Å². The Bertz CT molecular complexity index is 1520. The quantitative estimate of drug-likeness (QED) is 0.228. The number of tetrazole rings is 1. The largest absolute Gasteiger partial charge is 0.416 e. The van der Waals surface area contributed by atoms with Gasteiger partial charge in [-0.25, -0.2) is 0 Å². The molecular formula is C30H32F9N5O2. The molecule has 1 aromatic heterocycles. The van der Waals surface area contributed by atoms with Crippen molar-refractivity contribution in [1.82, 2.24) is 20.2 Å². The van der Waals surface area contributed by atoms with E-state index in [1.807, 2.05) is 6.92 Å². The monoisotopic (exact) mass is 665 g/mol. The molecule has 0 amide bonds. The molecule has 46 heavy (non-hydrogen) atoms. The Morgan fingerprint density at radius 2 is 1.50 bits per heavy atom. The second-order valence-corrected chi connectivity index (χ2v) is 12.2. The molecule has 16 heteroatoms. The van der Waals surface area contributed by atoms with Crippen molar-refractivity contribution in [2.45, 2.75) is 95.6 Å². The fraction of sp³-hybridized carbons (Fsp3) is 0.567. The number of hydrogen-bond donors (Lipinski definition) is 0. The minimum absolute atomic E-state index is 0.0100. The lowest BCUT2D eigenvalue weighted by molar-refractivity contribution is -0.157. The SMILES string of the molecule is CCC(c1ccc(C(F)(F)F)cc1CN(Cc1cc(C(F)(F)F)cc(C(F)(F)F)c1)c1nnn(C)n1)C1CC[C@@H]2OC(C)(C)O[C@H]12. The van der Waals surface area contributed by atoms with Crippen LogP contribution in [-0.4, -0.2) is 38.2 Å². The van der Waals surface area contributed by atoms with Crippen LogP contribution in [0.25, 0.3) is 0 Å². The van der Waals surface area contributed by atoms with Crippen molar-refractivity contribution >= 4 is 5.95 Å². The first-order valence-electron chi connectivity index (χ1n) is 14.6. The summed E-state index contributed by atoms with van der Waals surface area (Å²) in [6.07, 6.45) is -13.5. The fourth-order valence-electron chi connectivity index (χ4n) is 6.57. The highest BCUT2D eigenvalue weighted by molar-refractivity contribution is 5.42. The molecule has 2 heterocycles. The van der Waals surface area contributed by atoms with E-state index in [2.05, 4.69) is 15.4 Å². The van der Waals surface area contributed by atoms with Crippen molar-refractivity contribution in [1.29, 1.82) is 0 Å². The number of halogens is 9. The molecule has 1 aliphatic heterocycles. The summed E-state index contributed by atoms with van der Waals surface area (Å²) in [5, 5.41) is 11.7. The summed E-state index contributed by atoms with van der Waals surface area (Å²) in [7, 11) is 1.39. The number of alkyl halides is 9. The molecule has 0 spiro atoms. The zero-order valence-electron chi connectivity index (χ0n) is 25.3. The summed E-state index contributed by atoms with van der Waals surface area (Å²) in [6, 6.07) is 4.45. The Morgan fingerprint density at radius 1 is 0.870 bits per heavy atom. The van der Waals surface area contributed by atoms with Crippen LogP contribution < -0.4 is 4.90 Å². The van der Waals surface area contributed by atoms with Gasteiger partial charge in [-0.2, -0.15) is 44.3 Å². The van der Waals surface area contributed by atoms with Gasteiger partial charge < -0.3 is 14.4 Å². The number of nitrogens with zero attached hydrogens (tertiary/aromatic N) is 5. The first-order chi connectivity index (χ1) is 21.2. The van der Waals surface area contributed by atoms with Crippen molar-refractivity contribution in [3.8, 4) is 0 Å². The molecule has 0 bridgehead atoms. The van der Waals surface area contributed by atoms with Crippen LogP contribution >= 0.6 is 0 Å². The highest BCUT2D eigenvalue weighted by atomic mass is 19.4. The van der Waals surface area contributed by atoms with Crippen LogP contribution in [0.1, 0.15) is 79.3 Å². The first kappa shape index (κ1) is 33.9. The van der Waals surface area contributed by atoms with Crippen LogP contribution in [0.2, 0.25) is 0 Å². The first-order valence-corrected chi connectivity index (χ1v) is 14.6. The molecule has 2 aromatic carbocycles. The van der Waals surface area contributed by atoms with Gasteiger partial charge in [-0.15, -0.1) is 5.10 Å². The fourth-order valence-corrected chi connectivity index (χ4v) is 6.57. The van der Waals surface area contributed by atoms with Crippen molar-refractivity contribution in [2.75, 3.05) is 4.90 Å². The predicted molar refractivity (Wildman–Crippen MR) is 146 cm³/mol. The Kier molecular flexibility index (Phi) is 8.85. The molecule has 1 aliphatic carbocycles. The summed E-state index contributed by atoms with van der Waals surface area (Å²) >= 11 is 0. The smallest absolute Gasteiger partial charge is 0.345 e. The molecule has 2 fully saturated rings. The Hall–Kier alpha value is -3.40. The van der Waals surface area contributed by atoms with Gasteiger partial charge >= 0.3 is 18.5 Å². The summed E-state index contributed by atoms with van der Waals surface area (Å²) in [5.74, 6) is -1.44. The minimum atomic E-state index is -5.09. The summed E-state index contributed by atoms with van der Waals surface area (Å²) in [4.78, 5) is 2.24. The molecule has 252 valence electrons.